The number of nitrogen functional groups attached to an aromatic ring is 1. The van der Waals surface area contributed by atoms with Crippen molar-refractivity contribution in [3.63, 3.8) is 0 Å². The second-order valence-electron chi connectivity index (χ2n) is 4.08. The Balaban J connectivity index is 2.07. The van der Waals surface area contributed by atoms with Gasteiger partial charge in [0.2, 0.25) is 0 Å². The van der Waals surface area contributed by atoms with Crippen LogP contribution in [0, 0.1) is 0 Å². The van der Waals surface area contributed by atoms with Crippen LogP contribution in [0.3, 0.4) is 0 Å². The first kappa shape index (κ1) is 13.4. The Kier molecular flexibility index (Phi) is 4.06. The minimum atomic E-state index is -0.239. The molecule has 2 aromatic rings. The summed E-state index contributed by atoms with van der Waals surface area (Å²) in [6, 6.07) is 7.33. The number of rotatable bonds is 4. The zero-order valence-corrected chi connectivity index (χ0v) is 11.3. The molecule has 1 heterocycles. The lowest BCUT2D eigenvalue weighted by atomic mass is 10.2. The number of anilines is 1. The Morgan fingerprint density at radius 1 is 1.53 bits per heavy atom. The topological polar surface area (TPSA) is 72.9 Å². The molecule has 5 nitrogen and oxygen atoms in total. The summed E-state index contributed by atoms with van der Waals surface area (Å²) >= 11 is 5.89. The van der Waals surface area contributed by atoms with E-state index in [1.807, 2.05) is 25.1 Å². The summed E-state index contributed by atoms with van der Waals surface area (Å²) in [6.45, 7) is 2.89. The highest BCUT2D eigenvalue weighted by Gasteiger charge is 2.15. The molecule has 100 valence electrons. The van der Waals surface area contributed by atoms with Crippen LogP contribution in [0.5, 0.6) is 0 Å². The molecule has 0 fully saturated rings. The fourth-order valence-corrected chi connectivity index (χ4v) is 2.01. The molecule has 3 N–H and O–H groups in total. The second kappa shape index (κ2) is 5.75. The molecule has 0 aliphatic rings. The minimum absolute atomic E-state index is 0.239. The number of aryl methyl sites for hydroxylation is 1. The van der Waals surface area contributed by atoms with Crippen LogP contribution in [0.15, 0.2) is 30.5 Å². The third-order valence-corrected chi connectivity index (χ3v) is 2.96. The molecular formula is C13H15ClN4O. The number of hydrogen-bond donors (Lipinski definition) is 2. The molecule has 6 heteroatoms. The molecule has 0 saturated carbocycles. The number of hydrogen-bond acceptors (Lipinski definition) is 3. The molecule has 0 radical (unpaired) electrons. The number of nitrogens with two attached hydrogens (primary N) is 1. The van der Waals surface area contributed by atoms with Crippen molar-refractivity contribution >= 4 is 23.2 Å². The number of carbonyl (C=O) groups excluding carboxylic acids is 1. The molecule has 1 amide bonds. The molecule has 2 rings (SSSR count). The van der Waals surface area contributed by atoms with Crippen molar-refractivity contribution in [1.82, 2.24) is 15.1 Å². The van der Waals surface area contributed by atoms with Crippen molar-refractivity contribution in [3.8, 4) is 0 Å². The Morgan fingerprint density at radius 2 is 2.32 bits per heavy atom. The van der Waals surface area contributed by atoms with Gasteiger partial charge in [-0.3, -0.25) is 9.48 Å². The standard InChI is InChI=1S/C13H15ClN4O/c1-2-18-12(11(15)8-17-18)13(19)16-7-9-4-3-5-10(14)6-9/h3-6,8H,2,7,15H2,1H3,(H,16,19). The SMILES string of the molecule is CCn1ncc(N)c1C(=O)NCc1cccc(Cl)c1. The number of amides is 1. The number of halogens is 1. The van der Waals surface area contributed by atoms with Gasteiger partial charge in [0, 0.05) is 18.1 Å². The lowest BCUT2D eigenvalue weighted by Crippen LogP contribution is -2.26. The fraction of sp³-hybridized carbons (Fsp3) is 0.231. The number of carbonyl (C=O) groups is 1. The van der Waals surface area contributed by atoms with Crippen LogP contribution in [-0.2, 0) is 13.1 Å². The normalized spacial score (nSPS) is 10.4. The highest BCUT2D eigenvalue weighted by molar-refractivity contribution is 6.30. The van der Waals surface area contributed by atoms with Crippen LogP contribution < -0.4 is 11.1 Å². The lowest BCUT2D eigenvalue weighted by molar-refractivity contribution is 0.0941. The number of nitrogens with zero attached hydrogens (tertiary/aromatic N) is 2. The summed E-state index contributed by atoms with van der Waals surface area (Å²) < 4.78 is 1.57. The second-order valence-corrected chi connectivity index (χ2v) is 4.51. The van der Waals surface area contributed by atoms with E-state index in [4.69, 9.17) is 17.3 Å². The van der Waals surface area contributed by atoms with Crippen molar-refractivity contribution in [2.75, 3.05) is 5.73 Å². The molecule has 1 aromatic carbocycles. The van der Waals surface area contributed by atoms with Crippen molar-refractivity contribution in [2.24, 2.45) is 0 Å². The van der Waals surface area contributed by atoms with Gasteiger partial charge in [0.1, 0.15) is 5.69 Å². The maximum Gasteiger partial charge on any atom is 0.271 e. The summed E-state index contributed by atoms with van der Waals surface area (Å²) in [7, 11) is 0. The molecule has 0 spiro atoms. The van der Waals surface area contributed by atoms with Crippen LogP contribution in [0.4, 0.5) is 5.69 Å². The molecule has 0 saturated heterocycles. The molecule has 1 aromatic heterocycles. The molecule has 0 atom stereocenters. The van der Waals surface area contributed by atoms with Gasteiger partial charge in [0.25, 0.3) is 5.91 Å². The van der Waals surface area contributed by atoms with E-state index in [9.17, 15) is 4.79 Å². The number of aromatic nitrogens is 2. The average Bonchev–Trinajstić information content (AvgIpc) is 2.77. The Morgan fingerprint density at radius 3 is 3.00 bits per heavy atom. The van der Waals surface area contributed by atoms with Crippen LogP contribution in [0.25, 0.3) is 0 Å². The number of benzene rings is 1. The quantitative estimate of drug-likeness (QED) is 0.899. The van der Waals surface area contributed by atoms with Crippen LogP contribution in [0.2, 0.25) is 5.02 Å². The summed E-state index contributed by atoms with van der Waals surface area (Å²) in [5.41, 5.74) is 7.45. The van der Waals surface area contributed by atoms with E-state index in [2.05, 4.69) is 10.4 Å². The largest absolute Gasteiger partial charge is 0.396 e. The predicted octanol–water partition coefficient (Wildman–Crippen LogP) is 2.07. The summed E-state index contributed by atoms with van der Waals surface area (Å²) in [5, 5.41) is 7.48. The van der Waals surface area contributed by atoms with Gasteiger partial charge in [-0.1, -0.05) is 23.7 Å². The molecule has 0 unspecified atom stereocenters. The van der Waals surface area contributed by atoms with Crippen molar-refractivity contribution < 1.29 is 4.79 Å². The first-order valence-electron chi connectivity index (χ1n) is 5.95. The fourth-order valence-electron chi connectivity index (χ4n) is 1.80. The Hall–Kier alpha value is -2.01. The zero-order valence-electron chi connectivity index (χ0n) is 10.6. The van der Waals surface area contributed by atoms with Crippen molar-refractivity contribution in [3.05, 3.63) is 46.7 Å². The van der Waals surface area contributed by atoms with E-state index < -0.39 is 0 Å². The summed E-state index contributed by atoms with van der Waals surface area (Å²) in [6.07, 6.45) is 1.48. The Bertz CT molecular complexity index is 594. The van der Waals surface area contributed by atoms with E-state index >= 15 is 0 Å². The van der Waals surface area contributed by atoms with E-state index in [-0.39, 0.29) is 5.91 Å². The first-order valence-corrected chi connectivity index (χ1v) is 6.33. The first-order chi connectivity index (χ1) is 9.11. The average molecular weight is 279 g/mol. The highest BCUT2D eigenvalue weighted by Crippen LogP contribution is 2.12. The van der Waals surface area contributed by atoms with Gasteiger partial charge in [-0.05, 0) is 24.6 Å². The zero-order chi connectivity index (χ0) is 13.8. The van der Waals surface area contributed by atoms with Gasteiger partial charge in [-0.25, -0.2) is 0 Å². The smallest absolute Gasteiger partial charge is 0.271 e. The molecule has 0 bridgehead atoms. The van der Waals surface area contributed by atoms with Crippen molar-refractivity contribution in [2.45, 2.75) is 20.0 Å². The number of nitrogens with one attached hydrogen (secondary N) is 1. The Labute approximate surface area is 116 Å². The van der Waals surface area contributed by atoms with E-state index in [0.29, 0.717) is 29.5 Å². The maximum atomic E-state index is 12.1. The van der Waals surface area contributed by atoms with Crippen LogP contribution >= 0.6 is 11.6 Å². The van der Waals surface area contributed by atoms with Crippen LogP contribution in [0.1, 0.15) is 23.0 Å². The summed E-state index contributed by atoms with van der Waals surface area (Å²) in [4.78, 5) is 12.1. The lowest BCUT2D eigenvalue weighted by Gasteiger charge is -2.08. The van der Waals surface area contributed by atoms with Crippen LogP contribution in [-0.4, -0.2) is 15.7 Å². The third kappa shape index (κ3) is 3.06. The van der Waals surface area contributed by atoms with E-state index in [0.717, 1.165) is 5.56 Å². The molecule has 19 heavy (non-hydrogen) atoms. The predicted molar refractivity (Wildman–Crippen MR) is 74.9 cm³/mol. The summed E-state index contributed by atoms with van der Waals surface area (Å²) in [5.74, 6) is -0.239. The molecular weight excluding hydrogens is 264 g/mol. The monoisotopic (exact) mass is 278 g/mol. The van der Waals surface area contributed by atoms with Gasteiger partial charge < -0.3 is 11.1 Å². The van der Waals surface area contributed by atoms with Gasteiger partial charge in [-0.15, -0.1) is 0 Å². The van der Waals surface area contributed by atoms with E-state index in [1.165, 1.54) is 6.20 Å². The minimum Gasteiger partial charge on any atom is -0.396 e. The highest BCUT2D eigenvalue weighted by atomic mass is 35.5. The molecule has 0 aliphatic carbocycles. The van der Waals surface area contributed by atoms with Gasteiger partial charge in [0.05, 0.1) is 11.9 Å². The van der Waals surface area contributed by atoms with Gasteiger partial charge in [0.15, 0.2) is 0 Å². The van der Waals surface area contributed by atoms with Gasteiger partial charge in [-0.2, -0.15) is 5.10 Å². The van der Waals surface area contributed by atoms with Crippen molar-refractivity contribution in [1.29, 1.82) is 0 Å². The molecule has 0 aliphatic heterocycles. The van der Waals surface area contributed by atoms with Gasteiger partial charge >= 0.3 is 0 Å². The maximum absolute atomic E-state index is 12.1. The third-order valence-electron chi connectivity index (χ3n) is 2.72. The van der Waals surface area contributed by atoms with E-state index in [1.54, 1.807) is 10.7 Å².